The van der Waals surface area contributed by atoms with E-state index in [-0.39, 0.29) is 11.3 Å². The maximum absolute atomic E-state index is 12.3. The number of hydrogen-bond acceptors (Lipinski definition) is 4. The number of aromatic nitrogens is 1. The third kappa shape index (κ3) is 4.22. The summed E-state index contributed by atoms with van der Waals surface area (Å²) in [7, 11) is 0. The van der Waals surface area contributed by atoms with E-state index in [2.05, 4.69) is 10.5 Å². The first-order valence-corrected chi connectivity index (χ1v) is 9.68. The van der Waals surface area contributed by atoms with Crippen LogP contribution < -0.4 is 5.43 Å². The van der Waals surface area contributed by atoms with Gasteiger partial charge in [0.25, 0.3) is 11.6 Å². The highest BCUT2D eigenvalue weighted by Gasteiger charge is 2.16. The summed E-state index contributed by atoms with van der Waals surface area (Å²) in [6.07, 6.45) is 1.51. The molecule has 1 amide bonds. The molecule has 1 N–H and O–H groups in total. The Labute approximate surface area is 183 Å². The normalized spacial score (nSPS) is 11.1. The van der Waals surface area contributed by atoms with E-state index >= 15 is 0 Å². The number of nitro groups is 1. The lowest BCUT2D eigenvalue weighted by Gasteiger charge is -2.12. The van der Waals surface area contributed by atoms with Gasteiger partial charge in [-0.05, 0) is 45.0 Å². The number of hydrogen-bond donors (Lipinski definition) is 1. The average Bonchev–Trinajstić information content (AvgIpc) is 2.97. The van der Waals surface area contributed by atoms with Gasteiger partial charge in [0.1, 0.15) is 0 Å². The Kier molecular flexibility index (Phi) is 6.24. The lowest BCUT2D eigenvalue weighted by molar-refractivity contribution is -0.385. The Morgan fingerprint density at radius 1 is 1.17 bits per heavy atom. The molecule has 0 radical (unpaired) electrons. The maximum Gasteiger partial charge on any atom is 0.273 e. The van der Waals surface area contributed by atoms with E-state index in [9.17, 15) is 14.9 Å². The first-order valence-electron chi connectivity index (χ1n) is 8.92. The highest BCUT2D eigenvalue weighted by Crippen LogP contribution is 2.31. The van der Waals surface area contributed by atoms with E-state index in [0.29, 0.717) is 15.6 Å². The van der Waals surface area contributed by atoms with Crippen molar-refractivity contribution >= 4 is 41.0 Å². The van der Waals surface area contributed by atoms with Crippen molar-refractivity contribution in [3.8, 4) is 5.69 Å². The molecule has 3 aromatic rings. The van der Waals surface area contributed by atoms with Crippen LogP contribution in [0.15, 0.2) is 47.6 Å². The van der Waals surface area contributed by atoms with E-state index in [4.69, 9.17) is 23.2 Å². The summed E-state index contributed by atoms with van der Waals surface area (Å²) in [4.78, 5) is 22.8. The van der Waals surface area contributed by atoms with Crippen LogP contribution in [0.3, 0.4) is 0 Å². The lowest BCUT2D eigenvalue weighted by Crippen LogP contribution is -2.18. The number of carbonyl (C=O) groups excluding carboxylic acids is 1. The van der Waals surface area contributed by atoms with Gasteiger partial charge in [-0.2, -0.15) is 5.10 Å². The van der Waals surface area contributed by atoms with Gasteiger partial charge in [-0.1, -0.05) is 35.3 Å². The van der Waals surface area contributed by atoms with E-state index in [1.165, 1.54) is 24.4 Å². The number of amides is 1. The molecule has 0 saturated heterocycles. The van der Waals surface area contributed by atoms with Gasteiger partial charge in [0.05, 0.1) is 26.9 Å². The van der Waals surface area contributed by atoms with Gasteiger partial charge >= 0.3 is 0 Å². The number of benzene rings is 2. The van der Waals surface area contributed by atoms with E-state index < -0.39 is 10.8 Å². The van der Waals surface area contributed by atoms with E-state index in [0.717, 1.165) is 22.6 Å². The summed E-state index contributed by atoms with van der Waals surface area (Å²) in [5.74, 6) is -0.541. The van der Waals surface area contributed by atoms with Crippen LogP contribution >= 0.6 is 23.2 Å². The molecule has 0 bridgehead atoms. The summed E-state index contributed by atoms with van der Waals surface area (Å²) in [5.41, 5.74) is 6.21. The Balaban J connectivity index is 1.83. The lowest BCUT2D eigenvalue weighted by atomic mass is 10.1. The molecule has 1 heterocycles. The molecule has 30 heavy (non-hydrogen) atoms. The summed E-state index contributed by atoms with van der Waals surface area (Å²) in [6.45, 7) is 5.43. The molecular formula is C21H18Cl2N4O3. The van der Waals surface area contributed by atoms with Crippen LogP contribution in [0.4, 0.5) is 5.69 Å². The molecule has 0 unspecified atom stereocenters. The number of halogens is 2. The molecule has 0 fully saturated rings. The third-order valence-corrected chi connectivity index (χ3v) is 5.49. The Morgan fingerprint density at radius 3 is 2.60 bits per heavy atom. The quantitative estimate of drug-likeness (QED) is 0.325. The standard InChI is InChI=1S/C21H18Cl2N4O3/c1-12-7-8-15(10-19(12)27(29)30)21(28)25-24-11-16-9-13(2)26(14(16)3)18-6-4-5-17(22)20(18)23/h4-11H,1-3H3,(H,25,28)/b24-11-. The highest BCUT2D eigenvalue weighted by molar-refractivity contribution is 6.43. The van der Waals surface area contributed by atoms with E-state index in [1.807, 2.05) is 36.6 Å². The SMILES string of the molecule is Cc1ccc(C(=O)N/N=C\c2cc(C)n(-c3cccc(Cl)c3Cl)c2C)cc1[N+](=O)[O-]. The van der Waals surface area contributed by atoms with Crippen LogP contribution in [0.2, 0.25) is 10.0 Å². The number of carbonyl (C=O) groups is 1. The second-order valence-electron chi connectivity index (χ2n) is 6.69. The van der Waals surface area contributed by atoms with Crippen LogP contribution in [0.1, 0.15) is 32.9 Å². The van der Waals surface area contributed by atoms with Gasteiger partial charge in [0.15, 0.2) is 0 Å². The zero-order chi connectivity index (χ0) is 22.0. The van der Waals surface area contributed by atoms with Gasteiger partial charge in [-0.25, -0.2) is 5.43 Å². The fourth-order valence-electron chi connectivity index (χ4n) is 3.13. The van der Waals surface area contributed by atoms with Crippen LogP contribution in [0.5, 0.6) is 0 Å². The number of rotatable bonds is 5. The molecule has 2 aromatic carbocycles. The first-order chi connectivity index (χ1) is 14.2. The van der Waals surface area contributed by atoms with Gasteiger partial charge in [-0.15, -0.1) is 0 Å². The Hall–Kier alpha value is -3.16. The summed E-state index contributed by atoms with van der Waals surface area (Å²) >= 11 is 12.5. The molecule has 0 saturated carbocycles. The molecule has 0 aliphatic heterocycles. The van der Waals surface area contributed by atoms with Crippen molar-refractivity contribution < 1.29 is 9.72 Å². The zero-order valence-corrected chi connectivity index (χ0v) is 18.0. The summed E-state index contributed by atoms with van der Waals surface area (Å²) in [6, 6.07) is 11.6. The van der Waals surface area contributed by atoms with E-state index in [1.54, 1.807) is 13.0 Å². The van der Waals surface area contributed by atoms with Crippen molar-refractivity contribution in [2.24, 2.45) is 5.10 Å². The summed E-state index contributed by atoms with van der Waals surface area (Å²) < 4.78 is 1.95. The second-order valence-corrected chi connectivity index (χ2v) is 7.48. The molecule has 0 aliphatic carbocycles. The van der Waals surface area contributed by atoms with Crippen LogP contribution in [0.25, 0.3) is 5.69 Å². The smallest absolute Gasteiger partial charge is 0.273 e. The molecule has 0 aliphatic rings. The third-order valence-electron chi connectivity index (χ3n) is 4.68. The number of hydrazone groups is 1. The van der Waals surface area contributed by atoms with Crippen molar-refractivity contribution in [1.29, 1.82) is 0 Å². The minimum absolute atomic E-state index is 0.117. The van der Waals surface area contributed by atoms with Crippen molar-refractivity contribution in [1.82, 2.24) is 9.99 Å². The van der Waals surface area contributed by atoms with Gasteiger partial charge in [0.2, 0.25) is 0 Å². The van der Waals surface area contributed by atoms with Crippen molar-refractivity contribution in [2.45, 2.75) is 20.8 Å². The molecular weight excluding hydrogens is 427 g/mol. The van der Waals surface area contributed by atoms with Crippen LogP contribution in [-0.2, 0) is 0 Å². The molecule has 9 heteroatoms. The average molecular weight is 445 g/mol. The van der Waals surface area contributed by atoms with Crippen LogP contribution in [0, 0.1) is 30.9 Å². The maximum atomic E-state index is 12.3. The Morgan fingerprint density at radius 2 is 1.90 bits per heavy atom. The van der Waals surface area contributed by atoms with Crippen molar-refractivity contribution in [2.75, 3.05) is 0 Å². The van der Waals surface area contributed by atoms with Crippen molar-refractivity contribution in [3.63, 3.8) is 0 Å². The topological polar surface area (TPSA) is 89.5 Å². The molecule has 7 nitrogen and oxygen atoms in total. The highest BCUT2D eigenvalue weighted by atomic mass is 35.5. The second kappa shape index (κ2) is 8.69. The fourth-order valence-corrected chi connectivity index (χ4v) is 3.51. The molecule has 1 aromatic heterocycles. The monoisotopic (exact) mass is 444 g/mol. The molecule has 3 rings (SSSR count). The minimum atomic E-state index is -0.541. The largest absolute Gasteiger partial charge is 0.316 e. The minimum Gasteiger partial charge on any atom is -0.316 e. The molecule has 0 spiro atoms. The van der Waals surface area contributed by atoms with Crippen LogP contribution in [-0.4, -0.2) is 21.6 Å². The predicted molar refractivity (Wildman–Crippen MR) is 118 cm³/mol. The number of aryl methyl sites for hydroxylation is 2. The predicted octanol–water partition coefficient (Wildman–Crippen LogP) is 5.38. The van der Waals surface area contributed by atoms with Gasteiger partial charge in [0, 0.05) is 34.1 Å². The Bertz CT molecular complexity index is 1190. The number of nitrogens with zero attached hydrogens (tertiary/aromatic N) is 3. The first kappa shape index (κ1) is 21.5. The number of nitro benzene ring substituents is 1. The van der Waals surface area contributed by atoms with Gasteiger partial charge < -0.3 is 4.57 Å². The summed E-state index contributed by atoms with van der Waals surface area (Å²) in [5, 5.41) is 15.9. The molecule has 0 atom stereocenters. The number of nitrogens with one attached hydrogen (secondary N) is 1. The molecule has 154 valence electrons. The van der Waals surface area contributed by atoms with Gasteiger partial charge in [-0.3, -0.25) is 14.9 Å². The fraction of sp³-hybridized carbons (Fsp3) is 0.143. The zero-order valence-electron chi connectivity index (χ0n) is 16.4. The van der Waals surface area contributed by atoms with Crippen molar-refractivity contribution in [3.05, 3.63) is 90.7 Å².